The largest absolute Gasteiger partial charge is 0.494 e. The quantitative estimate of drug-likeness (QED) is 0.756. The molecule has 102 valence electrons. The summed E-state index contributed by atoms with van der Waals surface area (Å²) in [6, 6.07) is 12.1. The van der Waals surface area contributed by atoms with Crippen molar-refractivity contribution < 1.29 is 4.74 Å². The van der Waals surface area contributed by atoms with Gasteiger partial charge in [-0.3, -0.25) is 0 Å². The summed E-state index contributed by atoms with van der Waals surface area (Å²) in [6.45, 7) is 4.79. The molecule has 1 aromatic heterocycles. The van der Waals surface area contributed by atoms with Gasteiger partial charge in [0.15, 0.2) is 0 Å². The molecule has 0 saturated heterocycles. The van der Waals surface area contributed by atoms with Crippen LogP contribution in [0.25, 0.3) is 0 Å². The highest BCUT2D eigenvalue weighted by atomic mass is 79.9. The van der Waals surface area contributed by atoms with Gasteiger partial charge < -0.3 is 10.1 Å². The summed E-state index contributed by atoms with van der Waals surface area (Å²) in [5.41, 5.74) is 0. The highest BCUT2D eigenvalue weighted by molar-refractivity contribution is 9.10. The van der Waals surface area contributed by atoms with E-state index in [0.29, 0.717) is 0 Å². The van der Waals surface area contributed by atoms with Gasteiger partial charge in [-0.05, 0) is 54.0 Å². The van der Waals surface area contributed by atoms with Crippen molar-refractivity contribution in [2.45, 2.75) is 19.9 Å². The molecule has 1 aromatic carbocycles. The molecule has 0 radical (unpaired) electrons. The van der Waals surface area contributed by atoms with Crippen molar-refractivity contribution in [3.63, 3.8) is 0 Å². The number of hydrogen-bond donors (Lipinski definition) is 1. The first-order valence-corrected chi connectivity index (χ1v) is 8.00. The van der Waals surface area contributed by atoms with E-state index >= 15 is 0 Å². The minimum atomic E-state index is 0.754. The van der Waals surface area contributed by atoms with Gasteiger partial charge >= 0.3 is 0 Å². The summed E-state index contributed by atoms with van der Waals surface area (Å²) in [5, 5.41) is 3.44. The number of nitrogens with one attached hydrogen (secondary N) is 1. The van der Waals surface area contributed by atoms with E-state index in [9.17, 15) is 0 Å². The zero-order chi connectivity index (χ0) is 13.5. The third-order valence-electron chi connectivity index (χ3n) is 2.72. The lowest BCUT2D eigenvalue weighted by atomic mass is 10.3. The standard InChI is InChI=1S/C15H18BrNOS/c1-12-15(16)10-14(19-12)11-17-8-5-9-18-13-6-3-2-4-7-13/h2-4,6-7,10,17H,5,8-9,11H2,1H3. The van der Waals surface area contributed by atoms with Gasteiger partial charge in [-0.15, -0.1) is 11.3 Å². The van der Waals surface area contributed by atoms with E-state index in [1.165, 1.54) is 14.2 Å². The Labute approximate surface area is 126 Å². The third-order valence-corrected chi connectivity index (χ3v) is 4.85. The molecule has 0 saturated carbocycles. The Balaban J connectivity index is 1.57. The van der Waals surface area contributed by atoms with Gasteiger partial charge in [-0.2, -0.15) is 0 Å². The van der Waals surface area contributed by atoms with E-state index in [1.807, 2.05) is 41.7 Å². The van der Waals surface area contributed by atoms with Gasteiger partial charge in [0, 0.05) is 20.8 Å². The topological polar surface area (TPSA) is 21.3 Å². The van der Waals surface area contributed by atoms with E-state index in [-0.39, 0.29) is 0 Å². The molecule has 1 N–H and O–H groups in total. The van der Waals surface area contributed by atoms with Crippen LogP contribution in [0.4, 0.5) is 0 Å². The van der Waals surface area contributed by atoms with Crippen LogP contribution in [0.3, 0.4) is 0 Å². The number of aryl methyl sites for hydroxylation is 1. The molecule has 2 rings (SSSR count). The number of ether oxygens (including phenoxy) is 1. The lowest BCUT2D eigenvalue weighted by molar-refractivity contribution is 0.308. The van der Waals surface area contributed by atoms with Crippen molar-refractivity contribution >= 4 is 27.3 Å². The Morgan fingerprint density at radius 1 is 1.26 bits per heavy atom. The lowest BCUT2D eigenvalue weighted by Crippen LogP contribution is -2.16. The van der Waals surface area contributed by atoms with Crippen LogP contribution >= 0.6 is 27.3 Å². The van der Waals surface area contributed by atoms with Crippen molar-refractivity contribution in [3.05, 3.63) is 50.6 Å². The number of thiophene rings is 1. The molecule has 2 aromatic rings. The lowest BCUT2D eigenvalue weighted by Gasteiger charge is -2.06. The average molecular weight is 340 g/mol. The number of para-hydroxylation sites is 1. The van der Waals surface area contributed by atoms with Crippen LogP contribution in [0.5, 0.6) is 5.75 Å². The molecule has 0 fully saturated rings. The van der Waals surface area contributed by atoms with E-state index in [0.717, 1.165) is 31.9 Å². The predicted molar refractivity (Wildman–Crippen MR) is 85.0 cm³/mol. The second kappa shape index (κ2) is 7.68. The van der Waals surface area contributed by atoms with Crippen LogP contribution in [-0.2, 0) is 6.54 Å². The molecule has 0 aliphatic carbocycles. The average Bonchev–Trinajstić information content (AvgIpc) is 2.74. The number of halogens is 1. The minimum absolute atomic E-state index is 0.754. The van der Waals surface area contributed by atoms with Gasteiger partial charge in [0.25, 0.3) is 0 Å². The normalized spacial score (nSPS) is 10.6. The first-order valence-electron chi connectivity index (χ1n) is 6.39. The van der Waals surface area contributed by atoms with Crippen molar-refractivity contribution in [1.82, 2.24) is 5.32 Å². The maximum absolute atomic E-state index is 5.64. The number of rotatable bonds is 7. The molecular formula is C15H18BrNOS. The summed E-state index contributed by atoms with van der Waals surface area (Å²) >= 11 is 5.37. The Hall–Kier alpha value is -0.840. The second-order valence-electron chi connectivity index (χ2n) is 4.31. The van der Waals surface area contributed by atoms with E-state index < -0.39 is 0 Å². The fourth-order valence-electron chi connectivity index (χ4n) is 1.72. The Kier molecular flexibility index (Phi) is 5.89. The highest BCUT2D eigenvalue weighted by Crippen LogP contribution is 2.25. The van der Waals surface area contributed by atoms with Crippen LogP contribution in [0.1, 0.15) is 16.2 Å². The Morgan fingerprint density at radius 2 is 2.05 bits per heavy atom. The molecule has 0 spiro atoms. The van der Waals surface area contributed by atoms with Crippen LogP contribution in [0.15, 0.2) is 40.9 Å². The molecule has 0 aliphatic rings. The molecule has 0 atom stereocenters. The van der Waals surface area contributed by atoms with Crippen molar-refractivity contribution in [1.29, 1.82) is 0 Å². The maximum atomic E-state index is 5.64. The molecule has 2 nitrogen and oxygen atoms in total. The molecular weight excluding hydrogens is 322 g/mol. The molecule has 0 amide bonds. The molecule has 0 bridgehead atoms. The fraction of sp³-hybridized carbons (Fsp3) is 0.333. The van der Waals surface area contributed by atoms with Gasteiger partial charge in [0.2, 0.25) is 0 Å². The first-order chi connectivity index (χ1) is 9.25. The van der Waals surface area contributed by atoms with E-state index in [4.69, 9.17) is 4.74 Å². The first kappa shape index (κ1) is 14.6. The van der Waals surface area contributed by atoms with Gasteiger partial charge in [-0.25, -0.2) is 0 Å². The molecule has 0 aliphatic heterocycles. The van der Waals surface area contributed by atoms with Crippen LogP contribution < -0.4 is 10.1 Å². The summed E-state index contributed by atoms with van der Waals surface area (Å²) in [6.07, 6.45) is 1.01. The zero-order valence-corrected chi connectivity index (χ0v) is 13.4. The molecule has 0 unspecified atom stereocenters. The van der Waals surface area contributed by atoms with Crippen LogP contribution in [0, 0.1) is 6.92 Å². The Morgan fingerprint density at radius 3 is 2.74 bits per heavy atom. The third kappa shape index (κ3) is 4.97. The highest BCUT2D eigenvalue weighted by Gasteiger charge is 2.01. The van der Waals surface area contributed by atoms with E-state index in [2.05, 4.69) is 34.2 Å². The fourth-order valence-corrected chi connectivity index (χ4v) is 3.29. The van der Waals surface area contributed by atoms with Crippen molar-refractivity contribution in [2.75, 3.05) is 13.2 Å². The SMILES string of the molecule is Cc1sc(CNCCCOc2ccccc2)cc1Br. The Bertz CT molecular complexity index is 479. The van der Waals surface area contributed by atoms with Crippen LogP contribution in [-0.4, -0.2) is 13.2 Å². The minimum Gasteiger partial charge on any atom is -0.494 e. The molecule has 19 heavy (non-hydrogen) atoms. The summed E-state index contributed by atoms with van der Waals surface area (Å²) in [4.78, 5) is 2.71. The monoisotopic (exact) mass is 339 g/mol. The number of hydrogen-bond acceptors (Lipinski definition) is 3. The maximum Gasteiger partial charge on any atom is 0.119 e. The van der Waals surface area contributed by atoms with Crippen molar-refractivity contribution in [2.24, 2.45) is 0 Å². The molecule has 4 heteroatoms. The van der Waals surface area contributed by atoms with Gasteiger partial charge in [0.1, 0.15) is 5.75 Å². The van der Waals surface area contributed by atoms with Gasteiger partial charge in [0.05, 0.1) is 6.61 Å². The second-order valence-corrected chi connectivity index (χ2v) is 6.50. The smallest absolute Gasteiger partial charge is 0.119 e. The summed E-state index contributed by atoms with van der Waals surface area (Å²) in [7, 11) is 0. The summed E-state index contributed by atoms with van der Waals surface area (Å²) < 4.78 is 6.85. The summed E-state index contributed by atoms with van der Waals surface area (Å²) in [5.74, 6) is 0.945. The van der Waals surface area contributed by atoms with E-state index in [1.54, 1.807) is 0 Å². The molecule has 1 heterocycles. The van der Waals surface area contributed by atoms with Crippen LogP contribution in [0.2, 0.25) is 0 Å². The number of benzene rings is 1. The predicted octanol–water partition coefficient (Wildman–Crippen LogP) is 4.38. The zero-order valence-electron chi connectivity index (χ0n) is 11.0. The van der Waals surface area contributed by atoms with Gasteiger partial charge in [-0.1, -0.05) is 18.2 Å². The van der Waals surface area contributed by atoms with Crippen molar-refractivity contribution in [3.8, 4) is 5.75 Å².